The number of hydrogen-bond donors (Lipinski definition) is 0. The lowest BCUT2D eigenvalue weighted by Crippen LogP contribution is -2.25. The molecule has 1 aromatic rings. The number of anilines is 1. The van der Waals surface area contributed by atoms with E-state index in [4.69, 9.17) is 11.6 Å². The average molecular weight is 286 g/mol. The first-order chi connectivity index (χ1) is 8.56. The van der Waals surface area contributed by atoms with Crippen molar-refractivity contribution >= 4 is 40.2 Å². The maximum atomic E-state index is 11.9. The molecule has 96 valence electrons. The van der Waals surface area contributed by atoms with Gasteiger partial charge in [0, 0.05) is 31.7 Å². The lowest BCUT2D eigenvalue weighted by Gasteiger charge is -2.15. The molecular formula is C11H12ClN3O2S. The SMILES string of the molecule is CC(=O)SCC1CC(=O)N(c2cc(Cl)ncn2)C1. The number of aromatic nitrogens is 2. The third-order valence-electron chi connectivity index (χ3n) is 2.62. The third-order valence-corrected chi connectivity index (χ3v) is 3.87. The number of hydrogen-bond acceptors (Lipinski definition) is 5. The molecule has 5 nitrogen and oxygen atoms in total. The first-order valence-corrected chi connectivity index (χ1v) is 6.84. The Hall–Kier alpha value is -1.14. The molecule has 1 fully saturated rings. The van der Waals surface area contributed by atoms with Crippen LogP contribution in [0.1, 0.15) is 13.3 Å². The van der Waals surface area contributed by atoms with Crippen LogP contribution < -0.4 is 4.90 Å². The van der Waals surface area contributed by atoms with Crippen LogP contribution in [0.5, 0.6) is 0 Å². The van der Waals surface area contributed by atoms with E-state index in [-0.39, 0.29) is 16.9 Å². The molecule has 0 saturated carbocycles. The summed E-state index contributed by atoms with van der Waals surface area (Å²) in [7, 11) is 0. The molecule has 18 heavy (non-hydrogen) atoms. The largest absolute Gasteiger partial charge is 0.296 e. The third kappa shape index (κ3) is 3.20. The lowest BCUT2D eigenvalue weighted by molar-refractivity contribution is -0.117. The maximum absolute atomic E-state index is 11.9. The summed E-state index contributed by atoms with van der Waals surface area (Å²) >= 11 is 7.03. The van der Waals surface area contributed by atoms with Gasteiger partial charge in [-0.1, -0.05) is 23.4 Å². The Kier molecular flexibility index (Phi) is 4.19. The summed E-state index contributed by atoms with van der Waals surface area (Å²) in [6.45, 7) is 2.11. The summed E-state index contributed by atoms with van der Waals surface area (Å²) in [4.78, 5) is 32.2. The quantitative estimate of drug-likeness (QED) is 0.792. The Morgan fingerprint density at radius 3 is 3.06 bits per heavy atom. The zero-order chi connectivity index (χ0) is 13.1. The highest BCUT2D eigenvalue weighted by Crippen LogP contribution is 2.26. The van der Waals surface area contributed by atoms with Crippen LogP contribution in [0.2, 0.25) is 5.15 Å². The molecule has 2 rings (SSSR count). The van der Waals surface area contributed by atoms with Gasteiger partial charge < -0.3 is 0 Å². The number of carbonyl (C=O) groups is 2. The van der Waals surface area contributed by atoms with Gasteiger partial charge in [-0.05, 0) is 5.92 Å². The first kappa shape index (κ1) is 13.3. The second kappa shape index (κ2) is 5.67. The minimum absolute atomic E-state index is 0.0129. The summed E-state index contributed by atoms with van der Waals surface area (Å²) in [5.74, 6) is 1.38. The number of halogens is 1. The van der Waals surface area contributed by atoms with Crippen molar-refractivity contribution in [2.75, 3.05) is 17.2 Å². The van der Waals surface area contributed by atoms with Crippen molar-refractivity contribution in [1.29, 1.82) is 0 Å². The van der Waals surface area contributed by atoms with E-state index < -0.39 is 0 Å². The van der Waals surface area contributed by atoms with Crippen LogP contribution in [-0.4, -0.2) is 33.3 Å². The van der Waals surface area contributed by atoms with E-state index in [1.165, 1.54) is 25.0 Å². The molecule has 1 aliphatic rings. The van der Waals surface area contributed by atoms with E-state index in [9.17, 15) is 9.59 Å². The fourth-order valence-electron chi connectivity index (χ4n) is 1.82. The Morgan fingerprint density at radius 1 is 1.61 bits per heavy atom. The minimum atomic E-state index is 0.0129. The van der Waals surface area contributed by atoms with Crippen molar-refractivity contribution in [3.8, 4) is 0 Å². The van der Waals surface area contributed by atoms with Gasteiger partial charge in [-0.25, -0.2) is 9.97 Å². The molecule has 1 saturated heterocycles. The van der Waals surface area contributed by atoms with Crippen molar-refractivity contribution < 1.29 is 9.59 Å². The molecular weight excluding hydrogens is 274 g/mol. The van der Waals surface area contributed by atoms with E-state index in [1.54, 1.807) is 11.0 Å². The topological polar surface area (TPSA) is 63.2 Å². The van der Waals surface area contributed by atoms with Gasteiger partial charge in [0.15, 0.2) is 5.12 Å². The smallest absolute Gasteiger partial charge is 0.228 e. The summed E-state index contributed by atoms with van der Waals surface area (Å²) in [6, 6.07) is 1.57. The van der Waals surface area contributed by atoms with Crippen LogP contribution in [0.25, 0.3) is 0 Å². The van der Waals surface area contributed by atoms with Gasteiger partial charge in [-0.2, -0.15) is 0 Å². The maximum Gasteiger partial charge on any atom is 0.228 e. The highest BCUT2D eigenvalue weighted by Gasteiger charge is 2.31. The van der Waals surface area contributed by atoms with Crippen molar-refractivity contribution in [3.63, 3.8) is 0 Å². The molecule has 7 heteroatoms. The zero-order valence-corrected chi connectivity index (χ0v) is 11.4. The van der Waals surface area contributed by atoms with Gasteiger partial charge >= 0.3 is 0 Å². The average Bonchev–Trinajstić information content (AvgIpc) is 2.68. The van der Waals surface area contributed by atoms with Crippen LogP contribution in [0, 0.1) is 5.92 Å². The Balaban J connectivity index is 2.03. The summed E-state index contributed by atoms with van der Waals surface area (Å²) in [5.41, 5.74) is 0. The van der Waals surface area contributed by atoms with Crippen LogP contribution in [0.3, 0.4) is 0 Å². The van der Waals surface area contributed by atoms with Gasteiger partial charge in [-0.3, -0.25) is 14.5 Å². The van der Waals surface area contributed by atoms with Gasteiger partial charge in [0.25, 0.3) is 0 Å². The summed E-state index contributed by atoms with van der Waals surface area (Å²) in [5, 5.41) is 0.389. The molecule has 1 aliphatic heterocycles. The molecule has 1 unspecified atom stereocenters. The zero-order valence-electron chi connectivity index (χ0n) is 9.80. The van der Waals surface area contributed by atoms with Crippen molar-refractivity contribution in [1.82, 2.24) is 9.97 Å². The van der Waals surface area contributed by atoms with E-state index in [1.807, 2.05) is 0 Å². The molecule has 1 atom stereocenters. The van der Waals surface area contributed by atoms with Crippen molar-refractivity contribution in [2.24, 2.45) is 5.92 Å². The van der Waals surface area contributed by atoms with Crippen LogP contribution in [-0.2, 0) is 9.59 Å². The monoisotopic (exact) mass is 285 g/mol. The molecule has 0 aromatic carbocycles. The van der Waals surface area contributed by atoms with Crippen molar-refractivity contribution in [3.05, 3.63) is 17.5 Å². The number of carbonyl (C=O) groups excluding carboxylic acids is 2. The van der Waals surface area contributed by atoms with E-state index >= 15 is 0 Å². The van der Waals surface area contributed by atoms with Gasteiger partial charge in [0.1, 0.15) is 17.3 Å². The molecule has 0 bridgehead atoms. The molecule has 1 amide bonds. The fourth-order valence-corrected chi connectivity index (χ4v) is 2.66. The Morgan fingerprint density at radius 2 is 2.39 bits per heavy atom. The number of thioether (sulfide) groups is 1. The van der Waals surface area contributed by atoms with Gasteiger partial charge in [0.05, 0.1) is 0 Å². The van der Waals surface area contributed by atoms with E-state index in [2.05, 4.69) is 9.97 Å². The minimum Gasteiger partial charge on any atom is -0.296 e. The summed E-state index contributed by atoms with van der Waals surface area (Å²) < 4.78 is 0. The van der Waals surface area contributed by atoms with Crippen molar-refractivity contribution in [2.45, 2.75) is 13.3 Å². The standard InChI is InChI=1S/C11H12ClN3O2S/c1-7(16)18-5-8-2-11(17)15(4-8)10-3-9(12)13-6-14-10/h3,6,8H,2,4-5H2,1H3. The first-order valence-electron chi connectivity index (χ1n) is 5.47. The van der Waals surface area contributed by atoms with E-state index in [0.717, 1.165) is 0 Å². The van der Waals surface area contributed by atoms with E-state index in [0.29, 0.717) is 29.7 Å². The molecule has 0 aliphatic carbocycles. The highest BCUT2D eigenvalue weighted by atomic mass is 35.5. The Bertz CT molecular complexity index is 483. The van der Waals surface area contributed by atoms with Crippen LogP contribution in [0.15, 0.2) is 12.4 Å². The summed E-state index contributed by atoms with van der Waals surface area (Å²) in [6.07, 6.45) is 1.78. The highest BCUT2D eigenvalue weighted by molar-refractivity contribution is 8.13. The molecule has 2 heterocycles. The number of rotatable bonds is 3. The van der Waals surface area contributed by atoms with Gasteiger partial charge in [-0.15, -0.1) is 0 Å². The Labute approximate surface area is 114 Å². The number of nitrogens with zero attached hydrogens (tertiary/aromatic N) is 3. The molecule has 0 N–H and O–H groups in total. The molecule has 0 radical (unpaired) electrons. The lowest BCUT2D eigenvalue weighted by atomic mass is 10.1. The normalized spacial score (nSPS) is 19.3. The van der Waals surface area contributed by atoms with Crippen LogP contribution >= 0.6 is 23.4 Å². The predicted molar refractivity (Wildman–Crippen MR) is 70.6 cm³/mol. The second-order valence-corrected chi connectivity index (χ2v) is 5.66. The fraction of sp³-hybridized carbons (Fsp3) is 0.455. The number of amides is 1. The van der Waals surface area contributed by atoms with Gasteiger partial charge in [0.2, 0.25) is 5.91 Å². The predicted octanol–water partition coefficient (Wildman–Crippen LogP) is 1.76. The molecule has 0 spiro atoms. The second-order valence-electron chi connectivity index (χ2n) is 4.08. The molecule has 1 aromatic heterocycles. The van der Waals surface area contributed by atoms with Crippen LogP contribution in [0.4, 0.5) is 5.82 Å².